The van der Waals surface area contributed by atoms with Crippen molar-refractivity contribution >= 4 is 5.91 Å². The van der Waals surface area contributed by atoms with Gasteiger partial charge in [0.2, 0.25) is 0 Å². The summed E-state index contributed by atoms with van der Waals surface area (Å²) in [5.41, 5.74) is -1.82. The number of amides is 1. The third-order valence-corrected chi connectivity index (χ3v) is 4.63. The van der Waals surface area contributed by atoms with Crippen molar-refractivity contribution in [3.8, 4) is 22.8 Å². The highest BCUT2D eigenvalue weighted by Crippen LogP contribution is 2.40. The number of carbonyl (C=O) groups excluding carboxylic acids is 1. The van der Waals surface area contributed by atoms with Crippen LogP contribution in [-0.2, 0) is 18.8 Å². The van der Waals surface area contributed by atoms with Crippen LogP contribution in [0.2, 0.25) is 0 Å². The molecule has 5 nitrogen and oxygen atoms in total. The molecular formula is C19H12F6N4O. The van der Waals surface area contributed by atoms with Gasteiger partial charge in [-0.25, -0.2) is 9.97 Å². The summed E-state index contributed by atoms with van der Waals surface area (Å²) in [6.45, 7) is 0.446. The van der Waals surface area contributed by atoms with E-state index in [-0.39, 0.29) is 23.5 Å². The molecule has 4 rings (SSSR count). The first-order chi connectivity index (χ1) is 14.0. The van der Waals surface area contributed by atoms with Crippen molar-refractivity contribution in [2.45, 2.75) is 18.8 Å². The molecule has 3 aromatic rings. The zero-order valence-electron chi connectivity index (χ0n) is 14.9. The maximum Gasteiger partial charge on any atom is 0.417 e. The second kappa shape index (κ2) is 6.85. The van der Waals surface area contributed by atoms with Crippen LogP contribution in [0.5, 0.6) is 0 Å². The second-order valence-electron chi connectivity index (χ2n) is 6.60. The van der Waals surface area contributed by atoms with Crippen molar-refractivity contribution < 1.29 is 31.1 Å². The number of carbonyl (C=O) groups is 1. The van der Waals surface area contributed by atoms with Gasteiger partial charge in [0.25, 0.3) is 5.91 Å². The molecule has 1 aromatic carbocycles. The summed E-state index contributed by atoms with van der Waals surface area (Å²) in [7, 11) is 0. The van der Waals surface area contributed by atoms with E-state index in [0.29, 0.717) is 42.0 Å². The van der Waals surface area contributed by atoms with Crippen LogP contribution in [0.4, 0.5) is 26.3 Å². The molecule has 2 aromatic heterocycles. The monoisotopic (exact) mass is 426 g/mol. The van der Waals surface area contributed by atoms with Crippen LogP contribution in [0.1, 0.15) is 27.2 Å². The van der Waals surface area contributed by atoms with E-state index in [2.05, 4.69) is 20.3 Å². The normalized spacial score (nSPS) is 14.4. The second-order valence-corrected chi connectivity index (χ2v) is 6.60. The van der Waals surface area contributed by atoms with E-state index in [9.17, 15) is 31.1 Å². The summed E-state index contributed by atoms with van der Waals surface area (Å²) in [6, 6.07) is 4.25. The van der Waals surface area contributed by atoms with E-state index >= 15 is 0 Å². The Bertz CT molecular complexity index is 1130. The van der Waals surface area contributed by atoms with Gasteiger partial charge in [-0.1, -0.05) is 0 Å². The zero-order valence-corrected chi connectivity index (χ0v) is 14.9. The van der Waals surface area contributed by atoms with Crippen molar-refractivity contribution in [1.82, 2.24) is 20.3 Å². The van der Waals surface area contributed by atoms with Gasteiger partial charge in [0, 0.05) is 30.4 Å². The molecule has 0 spiro atoms. The lowest BCUT2D eigenvalue weighted by Gasteiger charge is -2.15. The predicted octanol–water partition coefficient (Wildman–Crippen LogP) is 4.46. The van der Waals surface area contributed by atoms with Crippen LogP contribution >= 0.6 is 0 Å². The van der Waals surface area contributed by atoms with E-state index in [0.717, 1.165) is 0 Å². The number of aromatic nitrogens is 3. The number of nitrogens with one attached hydrogen (secondary N) is 2. The molecule has 30 heavy (non-hydrogen) atoms. The number of fused-ring (bicyclic) bond motifs is 1. The molecule has 0 aliphatic carbocycles. The maximum absolute atomic E-state index is 13.5. The van der Waals surface area contributed by atoms with Crippen molar-refractivity contribution in [3.05, 3.63) is 58.9 Å². The lowest BCUT2D eigenvalue weighted by atomic mass is 10.0. The number of hydrogen-bond acceptors (Lipinski definition) is 3. The van der Waals surface area contributed by atoms with Crippen LogP contribution in [0, 0.1) is 0 Å². The number of rotatable bonds is 2. The summed E-state index contributed by atoms with van der Waals surface area (Å²) in [4.78, 5) is 22.8. The fraction of sp³-hybridized carbons (Fsp3) is 0.211. The minimum atomic E-state index is -5.04. The minimum absolute atomic E-state index is 0.0447. The number of aromatic amines is 1. The van der Waals surface area contributed by atoms with Crippen molar-refractivity contribution in [2.24, 2.45) is 0 Å². The van der Waals surface area contributed by atoms with Crippen molar-refractivity contribution in [2.75, 3.05) is 6.54 Å². The molecule has 0 saturated carbocycles. The molecule has 0 unspecified atom stereocenters. The van der Waals surface area contributed by atoms with Gasteiger partial charge in [0.05, 0.1) is 28.1 Å². The quantitative estimate of drug-likeness (QED) is 0.595. The Hall–Kier alpha value is -3.37. The van der Waals surface area contributed by atoms with Gasteiger partial charge in [-0.05, 0) is 30.3 Å². The van der Waals surface area contributed by atoms with Gasteiger partial charge in [0.15, 0.2) is 5.82 Å². The topological polar surface area (TPSA) is 70.7 Å². The first kappa shape index (κ1) is 19.9. The van der Waals surface area contributed by atoms with Gasteiger partial charge < -0.3 is 10.3 Å². The maximum atomic E-state index is 13.5. The summed E-state index contributed by atoms with van der Waals surface area (Å²) in [5.74, 6) is -0.666. The molecule has 0 bridgehead atoms. The van der Waals surface area contributed by atoms with Crippen LogP contribution in [-0.4, -0.2) is 27.4 Å². The Kier molecular flexibility index (Phi) is 4.55. The Balaban J connectivity index is 1.81. The van der Waals surface area contributed by atoms with Gasteiger partial charge in [0.1, 0.15) is 0 Å². The Labute approximate surface area is 165 Å². The fourth-order valence-corrected chi connectivity index (χ4v) is 3.22. The highest BCUT2D eigenvalue weighted by atomic mass is 19.4. The SMILES string of the molecule is O=C1NCCc2[nH]c(-c3ccnc(-c4ccc(C(F)(F)F)cc4C(F)(F)F)n3)cc21. The van der Waals surface area contributed by atoms with Gasteiger partial charge in [-0.2, -0.15) is 26.3 Å². The van der Waals surface area contributed by atoms with E-state index in [4.69, 9.17) is 0 Å². The third kappa shape index (κ3) is 3.62. The number of alkyl halides is 6. The third-order valence-electron chi connectivity index (χ3n) is 4.63. The summed E-state index contributed by atoms with van der Waals surface area (Å²) in [5, 5.41) is 2.67. The average molecular weight is 426 g/mol. The number of hydrogen-bond donors (Lipinski definition) is 2. The zero-order chi connectivity index (χ0) is 21.7. The first-order valence-corrected chi connectivity index (χ1v) is 8.66. The summed E-state index contributed by atoms with van der Waals surface area (Å²) >= 11 is 0. The highest BCUT2D eigenvalue weighted by molar-refractivity contribution is 5.97. The van der Waals surface area contributed by atoms with Gasteiger partial charge in [-0.15, -0.1) is 0 Å². The Morgan fingerprint density at radius 2 is 1.70 bits per heavy atom. The number of nitrogens with zero attached hydrogens (tertiary/aromatic N) is 2. The molecule has 1 aliphatic heterocycles. The van der Waals surface area contributed by atoms with E-state index in [1.54, 1.807) is 0 Å². The van der Waals surface area contributed by atoms with Crippen LogP contribution in [0.25, 0.3) is 22.8 Å². The standard InChI is InChI=1S/C19H12F6N4O/c20-18(21,22)9-1-2-10(12(7-9)19(23,24)25)16-26-5-4-14(29-16)15-8-11-13(28-15)3-6-27-17(11)30/h1-2,4-5,7-8,28H,3,6H2,(H,27,30). The average Bonchev–Trinajstić information content (AvgIpc) is 3.12. The Morgan fingerprint density at radius 3 is 2.37 bits per heavy atom. The lowest BCUT2D eigenvalue weighted by molar-refractivity contribution is -0.142. The van der Waals surface area contributed by atoms with E-state index in [1.807, 2.05) is 0 Å². The molecule has 0 fully saturated rings. The molecular weight excluding hydrogens is 414 g/mol. The first-order valence-electron chi connectivity index (χ1n) is 8.66. The number of H-pyrrole nitrogens is 1. The molecule has 0 atom stereocenters. The number of halogens is 6. The molecule has 3 heterocycles. The molecule has 0 radical (unpaired) electrons. The molecule has 11 heteroatoms. The smallest absolute Gasteiger partial charge is 0.356 e. The highest BCUT2D eigenvalue weighted by Gasteiger charge is 2.39. The van der Waals surface area contributed by atoms with Crippen molar-refractivity contribution in [3.63, 3.8) is 0 Å². The van der Waals surface area contributed by atoms with Crippen LogP contribution in [0.3, 0.4) is 0 Å². The van der Waals surface area contributed by atoms with Crippen molar-refractivity contribution in [1.29, 1.82) is 0 Å². The predicted molar refractivity (Wildman–Crippen MR) is 93.3 cm³/mol. The molecule has 1 amide bonds. The molecule has 156 valence electrons. The molecule has 0 saturated heterocycles. The minimum Gasteiger partial charge on any atom is -0.356 e. The van der Waals surface area contributed by atoms with E-state index in [1.165, 1.54) is 18.3 Å². The molecule has 2 N–H and O–H groups in total. The molecule has 1 aliphatic rings. The van der Waals surface area contributed by atoms with Crippen LogP contribution < -0.4 is 5.32 Å². The van der Waals surface area contributed by atoms with Crippen LogP contribution in [0.15, 0.2) is 36.5 Å². The largest absolute Gasteiger partial charge is 0.417 e. The number of benzene rings is 1. The lowest BCUT2D eigenvalue weighted by Crippen LogP contribution is -2.31. The Morgan fingerprint density at radius 1 is 0.933 bits per heavy atom. The summed E-state index contributed by atoms with van der Waals surface area (Å²) in [6.07, 6.45) is -8.21. The fourth-order valence-electron chi connectivity index (χ4n) is 3.22. The van der Waals surface area contributed by atoms with E-state index < -0.39 is 29.0 Å². The summed E-state index contributed by atoms with van der Waals surface area (Å²) < 4.78 is 79.0. The van der Waals surface area contributed by atoms with Gasteiger partial charge >= 0.3 is 12.4 Å². The van der Waals surface area contributed by atoms with Gasteiger partial charge in [-0.3, -0.25) is 4.79 Å².